The molecule has 14 rings (SSSR count). The maximum Gasteiger partial charge on any atom is 0.227 e. The standard InChI is InChI=1S/C63H38N6O2/c1-2-11-39(12-3-1)46-13-10-14-50(36-46)69-55-18-7-4-15-51(55)52-37-49-35-47(33-34-48(49)38-56(52)69)40-21-23-41(24-22-40)59-66-60(42-25-29-44(30-26-42)62-64-53-16-5-8-19-57(53)70-62)68-61(67-59)43-27-31-45(32-28-43)63-65-54-17-6-9-20-58(54)71-63/h1-38H. The molecule has 71 heavy (non-hydrogen) atoms. The summed E-state index contributed by atoms with van der Waals surface area (Å²) in [6.45, 7) is 0. The van der Waals surface area contributed by atoms with Crippen molar-refractivity contribution < 1.29 is 8.83 Å². The summed E-state index contributed by atoms with van der Waals surface area (Å²) < 4.78 is 14.5. The molecule has 0 aliphatic rings. The molecular weight excluding hydrogens is 873 g/mol. The number of hydrogen-bond donors (Lipinski definition) is 0. The smallest absolute Gasteiger partial charge is 0.227 e. The van der Waals surface area contributed by atoms with Crippen molar-refractivity contribution in [3.8, 4) is 85.0 Å². The highest BCUT2D eigenvalue weighted by Crippen LogP contribution is 2.38. The second-order valence-corrected chi connectivity index (χ2v) is 17.7. The Kier molecular flexibility index (Phi) is 9.35. The normalized spacial score (nSPS) is 11.7. The van der Waals surface area contributed by atoms with Crippen molar-refractivity contribution in [2.24, 2.45) is 0 Å². The molecule has 0 unspecified atom stereocenters. The second kappa shape index (κ2) is 16.5. The van der Waals surface area contributed by atoms with Gasteiger partial charge in [-0.15, -0.1) is 0 Å². The maximum atomic E-state index is 6.07. The Morgan fingerprint density at radius 2 is 0.761 bits per heavy atom. The van der Waals surface area contributed by atoms with Crippen LogP contribution in [0.2, 0.25) is 0 Å². The largest absolute Gasteiger partial charge is 0.436 e. The van der Waals surface area contributed by atoms with Crippen molar-refractivity contribution in [3.63, 3.8) is 0 Å². The summed E-state index contributed by atoms with van der Waals surface area (Å²) in [5, 5.41) is 4.79. The fourth-order valence-electron chi connectivity index (χ4n) is 9.72. The number of para-hydroxylation sites is 5. The Labute approximate surface area is 406 Å². The molecule has 0 aliphatic heterocycles. The third kappa shape index (κ3) is 7.21. The Hall–Kier alpha value is -9.79. The van der Waals surface area contributed by atoms with Crippen LogP contribution in [0.4, 0.5) is 0 Å². The average molecular weight is 911 g/mol. The summed E-state index contributed by atoms with van der Waals surface area (Å²) in [5.41, 5.74) is 15.5. The van der Waals surface area contributed by atoms with Crippen LogP contribution >= 0.6 is 0 Å². The van der Waals surface area contributed by atoms with Crippen LogP contribution < -0.4 is 0 Å². The van der Waals surface area contributed by atoms with Gasteiger partial charge in [0, 0.05) is 44.3 Å². The first-order valence-electron chi connectivity index (χ1n) is 23.5. The van der Waals surface area contributed by atoms with Gasteiger partial charge in [0.2, 0.25) is 11.8 Å². The SMILES string of the molecule is c1ccc(-c2cccc(-n3c4ccccc4c4cc5cc(-c6ccc(-c7nc(-c8ccc(-c9nc%10ccccc%10o9)cc8)nc(-c8ccc(-c9nc%10ccccc%10o9)cc8)n7)cc6)ccc5cc43)c2)cc1. The minimum Gasteiger partial charge on any atom is -0.436 e. The van der Waals surface area contributed by atoms with Gasteiger partial charge >= 0.3 is 0 Å². The van der Waals surface area contributed by atoms with E-state index in [4.69, 9.17) is 33.8 Å². The van der Waals surface area contributed by atoms with Crippen LogP contribution in [0.5, 0.6) is 0 Å². The monoisotopic (exact) mass is 910 g/mol. The van der Waals surface area contributed by atoms with Crippen molar-refractivity contribution in [2.75, 3.05) is 0 Å². The van der Waals surface area contributed by atoms with Gasteiger partial charge in [-0.3, -0.25) is 0 Å². The van der Waals surface area contributed by atoms with Gasteiger partial charge in [-0.25, -0.2) is 24.9 Å². The van der Waals surface area contributed by atoms with Gasteiger partial charge in [0.25, 0.3) is 0 Å². The number of nitrogens with zero attached hydrogens (tertiary/aromatic N) is 6. The third-order valence-electron chi connectivity index (χ3n) is 13.3. The quantitative estimate of drug-likeness (QED) is 0.150. The number of hydrogen-bond acceptors (Lipinski definition) is 7. The van der Waals surface area contributed by atoms with Crippen molar-refractivity contribution >= 4 is 54.8 Å². The van der Waals surface area contributed by atoms with Crippen molar-refractivity contribution in [1.82, 2.24) is 29.5 Å². The summed E-state index contributed by atoms with van der Waals surface area (Å²) in [4.78, 5) is 24.6. The summed E-state index contributed by atoms with van der Waals surface area (Å²) in [6, 6.07) is 79.5. The zero-order chi connectivity index (χ0) is 46.8. The molecule has 4 aromatic heterocycles. The molecule has 4 heterocycles. The molecule has 0 N–H and O–H groups in total. The van der Waals surface area contributed by atoms with E-state index >= 15 is 0 Å². The molecule has 14 aromatic rings. The lowest BCUT2D eigenvalue weighted by Gasteiger charge is -2.11. The number of rotatable bonds is 8. The zero-order valence-electron chi connectivity index (χ0n) is 37.9. The molecule has 0 bridgehead atoms. The molecule has 10 aromatic carbocycles. The van der Waals surface area contributed by atoms with Crippen LogP contribution in [0, 0.1) is 0 Å². The van der Waals surface area contributed by atoms with E-state index in [9.17, 15) is 0 Å². The van der Waals surface area contributed by atoms with Crippen LogP contribution in [0.25, 0.3) is 140 Å². The number of fused-ring (bicyclic) bond motifs is 6. The van der Waals surface area contributed by atoms with Crippen LogP contribution in [-0.4, -0.2) is 29.5 Å². The molecule has 8 nitrogen and oxygen atoms in total. The fourth-order valence-corrected chi connectivity index (χ4v) is 9.72. The summed E-state index contributed by atoms with van der Waals surface area (Å²) in [7, 11) is 0. The van der Waals surface area contributed by atoms with E-state index < -0.39 is 0 Å². The molecule has 8 heteroatoms. The van der Waals surface area contributed by atoms with E-state index in [2.05, 4.69) is 138 Å². The molecule has 0 spiro atoms. The van der Waals surface area contributed by atoms with E-state index in [-0.39, 0.29) is 0 Å². The lowest BCUT2D eigenvalue weighted by molar-refractivity contribution is 0.619. The molecule has 0 aliphatic carbocycles. The molecule has 332 valence electrons. The Balaban J connectivity index is 0.816. The van der Waals surface area contributed by atoms with Gasteiger partial charge in [0.05, 0.1) is 11.0 Å². The summed E-state index contributed by atoms with van der Waals surface area (Å²) in [6.07, 6.45) is 0. The van der Waals surface area contributed by atoms with Gasteiger partial charge in [-0.05, 0) is 118 Å². The summed E-state index contributed by atoms with van der Waals surface area (Å²) in [5.74, 6) is 2.78. The van der Waals surface area contributed by atoms with E-state index in [0.29, 0.717) is 29.3 Å². The molecule has 0 saturated heterocycles. The predicted molar refractivity (Wildman–Crippen MR) is 285 cm³/mol. The third-order valence-corrected chi connectivity index (χ3v) is 13.3. The van der Waals surface area contributed by atoms with Crippen LogP contribution in [0.3, 0.4) is 0 Å². The van der Waals surface area contributed by atoms with Crippen molar-refractivity contribution in [2.45, 2.75) is 0 Å². The molecule has 0 atom stereocenters. The van der Waals surface area contributed by atoms with Crippen LogP contribution in [0.15, 0.2) is 239 Å². The highest BCUT2D eigenvalue weighted by molar-refractivity contribution is 6.14. The average Bonchev–Trinajstić information content (AvgIpc) is 4.17. The Morgan fingerprint density at radius 3 is 1.37 bits per heavy atom. The number of benzene rings is 10. The van der Waals surface area contributed by atoms with Crippen LogP contribution in [-0.2, 0) is 0 Å². The first-order valence-corrected chi connectivity index (χ1v) is 23.5. The molecule has 0 fully saturated rings. The topological polar surface area (TPSA) is 95.7 Å². The summed E-state index contributed by atoms with van der Waals surface area (Å²) >= 11 is 0. The van der Waals surface area contributed by atoms with E-state index in [0.717, 1.165) is 66.8 Å². The first kappa shape index (κ1) is 40.3. The maximum absolute atomic E-state index is 6.07. The van der Waals surface area contributed by atoms with Gasteiger partial charge in [0.1, 0.15) is 11.0 Å². The molecule has 0 saturated carbocycles. The van der Waals surface area contributed by atoms with Gasteiger partial charge < -0.3 is 13.4 Å². The minimum absolute atomic E-state index is 0.548. The molecule has 0 radical (unpaired) electrons. The highest BCUT2D eigenvalue weighted by Gasteiger charge is 2.18. The van der Waals surface area contributed by atoms with Crippen molar-refractivity contribution in [3.05, 3.63) is 231 Å². The Morgan fingerprint density at radius 1 is 0.282 bits per heavy atom. The van der Waals surface area contributed by atoms with E-state index in [1.54, 1.807) is 0 Å². The zero-order valence-corrected chi connectivity index (χ0v) is 37.9. The Bertz CT molecular complexity index is 4120. The van der Waals surface area contributed by atoms with Gasteiger partial charge in [-0.1, -0.05) is 146 Å². The minimum atomic E-state index is 0.548. The van der Waals surface area contributed by atoms with Crippen molar-refractivity contribution in [1.29, 1.82) is 0 Å². The molecular formula is C63H38N6O2. The number of oxazole rings is 2. The number of aromatic nitrogens is 6. The predicted octanol–water partition coefficient (Wildman–Crippen LogP) is 16.1. The lowest BCUT2D eigenvalue weighted by Crippen LogP contribution is -2.00. The van der Waals surface area contributed by atoms with Gasteiger partial charge in [-0.2, -0.15) is 0 Å². The van der Waals surface area contributed by atoms with E-state index in [1.807, 2.05) is 97.1 Å². The van der Waals surface area contributed by atoms with Crippen LogP contribution in [0.1, 0.15) is 0 Å². The highest BCUT2D eigenvalue weighted by atomic mass is 16.4. The van der Waals surface area contributed by atoms with E-state index in [1.165, 1.54) is 43.7 Å². The van der Waals surface area contributed by atoms with Gasteiger partial charge in [0.15, 0.2) is 28.6 Å². The first-order chi connectivity index (χ1) is 35.1. The fraction of sp³-hybridized carbons (Fsp3) is 0. The second-order valence-electron chi connectivity index (χ2n) is 17.7. The molecule has 0 amide bonds. The lowest BCUT2D eigenvalue weighted by atomic mass is 9.99.